The molecule has 0 atom stereocenters. The standard InChI is InChI=1S/C8H8ClN/c1-7-4-2-3-5-8(7)6-10-9/h2-6H,1H3. The third-order valence-corrected chi connectivity index (χ3v) is 1.47. The second-order valence-electron chi connectivity index (χ2n) is 2.08. The van der Waals surface area contributed by atoms with Crippen LogP contribution in [0.3, 0.4) is 0 Å². The predicted molar refractivity (Wildman–Crippen MR) is 44.6 cm³/mol. The zero-order valence-electron chi connectivity index (χ0n) is 5.71. The second-order valence-corrected chi connectivity index (χ2v) is 2.28. The van der Waals surface area contributed by atoms with Crippen molar-refractivity contribution in [1.29, 1.82) is 0 Å². The van der Waals surface area contributed by atoms with Crippen LogP contribution in [-0.4, -0.2) is 6.21 Å². The van der Waals surface area contributed by atoms with Crippen molar-refractivity contribution in [2.24, 2.45) is 4.51 Å². The van der Waals surface area contributed by atoms with Crippen LogP contribution in [0, 0.1) is 6.92 Å². The molecule has 52 valence electrons. The predicted octanol–water partition coefficient (Wildman–Crippen LogP) is 2.57. The van der Waals surface area contributed by atoms with Crippen LogP contribution in [0.15, 0.2) is 28.8 Å². The summed E-state index contributed by atoms with van der Waals surface area (Å²) in [5.74, 6) is 0. The molecule has 0 saturated carbocycles. The number of aryl methyl sites for hydroxylation is 1. The maximum atomic E-state index is 5.18. The van der Waals surface area contributed by atoms with E-state index in [4.69, 9.17) is 11.8 Å². The molecule has 1 nitrogen and oxygen atoms in total. The highest BCUT2D eigenvalue weighted by atomic mass is 35.5. The van der Waals surface area contributed by atoms with Gasteiger partial charge >= 0.3 is 0 Å². The van der Waals surface area contributed by atoms with E-state index in [0.29, 0.717) is 0 Å². The first-order chi connectivity index (χ1) is 4.84. The molecule has 0 aliphatic heterocycles. The van der Waals surface area contributed by atoms with Crippen molar-refractivity contribution in [3.8, 4) is 0 Å². The zero-order valence-corrected chi connectivity index (χ0v) is 6.47. The Morgan fingerprint density at radius 3 is 2.70 bits per heavy atom. The van der Waals surface area contributed by atoms with Crippen molar-refractivity contribution in [3.63, 3.8) is 0 Å². The molecule has 0 unspecified atom stereocenters. The van der Waals surface area contributed by atoms with E-state index in [9.17, 15) is 0 Å². The lowest BCUT2D eigenvalue weighted by Gasteiger charge is -1.94. The lowest BCUT2D eigenvalue weighted by atomic mass is 10.1. The minimum atomic E-state index is 1.07. The van der Waals surface area contributed by atoms with Gasteiger partial charge in [0.1, 0.15) is 0 Å². The Balaban J connectivity index is 3.03. The third kappa shape index (κ3) is 1.58. The number of nitrogens with zero attached hydrogens (tertiary/aromatic N) is 1. The summed E-state index contributed by atoms with van der Waals surface area (Å²) in [5.41, 5.74) is 2.25. The topological polar surface area (TPSA) is 12.4 Å². The van der Waals surface area contributed by atoms with Crippen molar-refractivity contribution in [2.75, 3.05) is 0 Å². The molecule has 0 aliphatic carbocycles. The number of halogens is 1. The number of hydrogen-bond donors (Lipinski definition) is 0. The van der Waals surface area contributed by atoms with Gasteiger partial charge < -0.3 is 0 Å². The minimum absolute atomic E-state index is 1.07. The molecular formula is C8H8ClN. The van der Waals surface area contributed by atoms with Gasteiger partial charge in [0.05, 0.1) is 0 Å². The van der Waals surface area contributed by atoms with Gasteiger partial charge in [-0.3, -0.25) is 0 Å². The van der Waals surface area contributed by atoms with Crippen LogP contribution in [0.2, 0.25) is 0 Å². The van der Waals surface area contributed by atoms with Crippen molar-refractivity contribution >= 4 is 18.0 Å². The molecule has 1 aromatic rings. The van der Waals surface area contributed by atoms with E-state index in [-0.39, 0.29) is 0 Å². The summed E-state index contributed by atoms with van der Waals surface area (Å²) in [6.07, 6.45) is 1.64. The summed E-state index contributed by atoms with van der Waals surface area (Å²) >= 11 is 5.18. The molecular weight excluding hydrogens is 146 g/mol. The first-order valence-electron chi connectivity index (χ1n) is 3.04. The average molecular weight is 154 g/mol. The Kier molecular flexibility index (Phi) is 2.46. The van der Waals surface area contributed by atoms with Gasteiger partial charge in [0, 0.05) is 18.0 Å². The van der Waals surface area contributed by atoms with Gasteiger partial charge in [-0.25, -0.2) is 0 Å². The van der Waals surface area contributed by atoms with Gasteiger partial charge in [-0.15, -0.1) is 0 Å². The van der Waals surface area contributed by atoms with Gasteiger partial charge in [0.15, 0.2) is 0 Å². The van der Waals surface area contributed by atoms with E-state index in [1.54, 1.807) is 6.21 Å². The molecule has 0 N–H and O–H groups in total. The molecule has 0 aliphatic rings. The lowest BCUT2D eigenvalue weighted by Crippen LogP contribution is -1.83. The summed E-state index contributed by atoms with van der Waals surface area (Å²) in [5, 5.41) is 0. The van der Waals surface area contributed by atoms with Crippen LogP contribution in [0.5, 0.6) is 0 Å². The first-order valence-corrected chi connectivity index (χ1v) is 3.38. The summed E-state index contributed by atoms with van der Waals surface area (Å²) in [6.45, 7) is 2.02. The van der Waals surface area contributed by atoms with Crippen LogP contribution >= 0.6 is 11.8 Å². The third-order valence-electron chi connectivity index (χ3n) is 1.38. The van der Waals surface area contributed by atoms with Crippen molar-refractivity contribution in [1.82, 2.24) is 0 Å². The number of benzene rings is 1. The summed E-state index contributed by atoms with van der Waals surface area (Å²) in [7, 11) is 0. The molecule has 0 amide bonds. The summed E-state index contributed by atoms with van der Waals surface area (Å²) < 4.78 is 3.41. The van der Waals surface area contributed by atoms with E-state index in [2.05, 4.69) is 4.51 Å². The van der Waals surface area contributed by atoms with E-state index < -0.39 is 0 Å². The average Bonchev–Trinajstić information content (AvgIpc) is 1.94. The number of hydrogen-bond acceptors (Lipinski definition) is 1. The fraction of sp³-hybridized carbons (Fsp3) is 0.125. The molecule has 10 heavy (non-hydrogen) atoms. The van der Waals surface area contributed by atoms with E-state index in [0.717, 1.165) is 5.56 Å². The summed E-state index contributed by atoms with van der Waals surface area (Å²) in [6, 6.07) is 7.94. The van der Waals surface area contributed by atoms with Crippen LogP contribution in [0.25, 0.3) is 0 Å². The lowest BCUT2D eigenvalue weighted by molar-refractivity contribution is 1.45. The molecule has 0 spiro atoms. The Morgan fingerprint density at radius 1 is 1.40 bits per heavy atom. The normalized spacial score (nSPS) is 10.6. The molecule has 0 saturated heterocycles. The Labute approximate surface area is 65.5 Å². The Hall–Kier alpha value is -0.820. The molecule has 0 aromatic heterocycles. The van der Waals surface area contributed by atoms with Crippen LogP contribution < -0.4 is 0 Å². The van der Waals surface area contributed by atoms with Gasteiger partial charge in [-0.1, -0.05) is 24.3 Å². The molecule has 2 heteroatoms. The highest BCUT2D eigenvalue weighted by Crippen LogP contribution is 2.03. The first kappa shape index (κ1) is 7.29. The van der Waals surface area contributed by atoms with Gasteiger partial charge in [-0.05, 0) is 18.1 Å². The van der Waals surface area contributed by atoms with E-state index in [1.165, 1.54) is 5.56 Å². The fourth-order valence-electron chi connectivity index (χ4n) is 0.784. The largest absolute Gasteiger partial charge is 0.185 e. The smallest absolute Gasteiger partial charge is 0.0490 e. The van der Waals surface area contributed by atoms with Crippen LogP contribution in [0.4, 0.5) is 0 Å². The fourth-order valence-corrected chi connectivity index (χ4v) is 0.889. The molecule has 0 radical (unpaired) electrons. The van der Waals surface area contributed by atoms with E-state index in [1.807, 2.05) is 31.2 Å². The SMILES string of the molecule is Cc1ccccc1C=NCl. The van der Waals surface area contributed by atoms with Crippen LogP contribution in [0.1, 0.15) is 11.1 Å². The van der Waals surface area contributed by atoms with Crippen molar-refractivity contribution in [2.45, 2.75) is 6.92 Å². The van der Waals surface area contributed by atoms with Gasteiger partial charge in [-0.2, -0.15) is 4.51 Å². The quantitative estimate of drug-likeness (QED) is 0.550. The van der Waals surface area contributed by atoms with Gasteiger partial charge in [0.2, 0.25) is 0 Å². The second kappa shape index (κ2) is 3.37. The molecule has 0 heterocycles. The Bertz CT molecular complexity index is 243. The molecule has 0 bridgehead atoms. The zero-order chi connectivity index (χ0) is 7.40. The molecule has 1 rings (SSSR count). The van der Waals surface area contributed by atoms with Gasteiger partial charge in [0.25, 0.3) is 0 Å². The molecule has 1 aromatic carbocycles. The number of rotatable bonds is 1. The van der Waals surface area contributed by atoms with E-state index >= 15 is 0 Å². The maximum absolute atomic E-state index is 5.18. The Morgan fingerprint density at radius 2 is 2.10 bits per heavy atom. The van der Waals surface area contributed by atoms with Crippen molar-refractivity contribution < 1.29 is 0 Å². The highest BCUT2D eigenvalue weighted by Gasteiger charge is 1.89. The monoisotopic (exact) mass is 153 g/mol. The minimum Gasteiger partial charge on any atom is -0.185 e. The summed E-state index contributed by atoms with van der Waals surface area (Å²) in [4.78, 5) is 0. The van der Waals surface area contributed by atoms with Crippen LogP contribution in [-0.2, 0) is 0 Å². The maximum Gasteiger partial charge on any atom is 0.0490 e. The molecule has 0 fully saturated rings. The highest BCUT2D eigenvalue weighted by molar-refractivity contribution is 6.18. The van der Waals surface area contributed by atoms with Crippen molar-refractivity contribution in [3.05, 3.63) is 35.4 Å².